The number of carbonyl (C=O) groups is 2. The molecule has 0 aliphatic carbocycles. The fourth-order valence-electron chi connectivity index (χ4n) is 3.05. The smallest absolute Gasteiger partial charge is 0.290 e. The summed E-state index contributed by atoms with van der Waals surface area (Å²) in [6, 6.07) is 5.67. The van der Waals surface area contributed by atoms with E-state index >= 15 is 0 Å². The highest BCUT2D eigenvalue weighted by Gasteiger charge is 2.25. The van der Waals surface area contributed by atoms with E-state index in [1.807, 2.05) is 18.2 Å². The first-order valence-electron chi connectivity index (χ1n) is 8.03. The number of carbonyl (C=O) groups excluding carboxylic acids is 2. The second-order valence-electron chi connectivity index (χ2n) is 6.04. The largest absolute Gasteiger partial charge is 0.393 e. The van der Waals surface area contributed by atoms with E-state index in [1.165, 1.54) is 0 Å². The average molecular weight is 356 g/mol. The van der Waals surface area contributed by atoms with Gasteiger partial charge >= 0.3 is 0 Å². The molecule has 1 aromatic carbocycles. The first-order valence-corrected chi connectivity index (χ1v) is 8.84. The van der Waals surface area contributed by atoms with Gasteiger partial charge in [0.15, 0.2) is 0 Å². The number of nitrogens with one attached hydrogen (secondary N) is 1. The molecule has 2 aliphatic heterocycles. The van der Waals surface area contributed by atoms with Gasteiger partial charge in [-0.2, -0.15) is 0 Å². The van der Waals surface area contributed by atoms with Gasteiger partial charge in [0.1, 0.15) is 12.1 Å². The Morgan fingerprint density at radius 3 is 2.76 bits per heavy atom. The van der Waals surface area contributed by atoms with Gasteiger partial charge in [-0.3, -0.25) is 14.9 Å². The number of hydrogen-bond donors (Lipinski definition) is 2. The summed E-state index contributed by atoms with van der Waals surface area (Å²) in [7, 11) is 0. The lowest BCUT2D eigenvalue weighted by Gasteiger charge is -2.31. The zero-order valence-corrected chi connectivity index (χ0v) is 14.1. The molecule has 0 bridgehead atoms. The number of nitrogens with zero attached hydrogens (tertiary/aromatic N) is 3. The van der Waals surface area contributed by atoms with Crippen LogP contribution in [0.4, 0.5) is 10.6 Å². The van der Waals surface area contributed by atoms with Gasteiger partial charge in [0, 0.05) is 18.5 Å². The van der Waals surface area contributed by atoms with Crippen LogP contribution in [0.1, 0.15) is 18.4 Å². The molecule has 2 saturated heterocycles. The third kappa shape index (κ3) is 3.22. The van der Waals surface area contributed by atoms with Crippen LogP contribution in [0.5, 0.6) is 0 Å². The number of fused-ring (bicyclic) bond motifs is 1. The molecular formula is C17H16N4O3S. The Hall–Kier alpha value is -2.45. The Morgan fingerprint density at radius 2 is 2.04 bits per heavy atom. The number of aromatic nitrogens is 2. The van der Waals surface area contributed by atoms with Gasteiger partial charge in [0.25, 0.3) is 11.1 Å². The fourth-order valence-corrected chi connectivity index (χ4v) is 3.73. The molecule has 0 unspecified atom stereocenters. The molecule has 2 amide bonds. The van der Waals surface area contributed by atoms with Crippen LogP contribution in [-0.2, 0) is 4.79 Å². The number of rotatable bonds is 2. The lowest BCUT2D eigenvalue weighted by atomic mass is 10.1. The molecule has 2 N–H and O–H groups in total. The van der Waals surface area contributed by atoms with Gasteiger partial charge in [-0.15, -0.1) is 0 Å². The topological polar surface area (TPSA) is 95.4 Å². The Morgan fingerprint density at radius 1 is 1.24 bits per heavy atom. The maximum Gasteiger partial charge on any atom is 0.290 e. The molecule has 25 heavy (non-hydrogen) atoms. The number of thioether (sulfide) groups is 1. The lowest BCUT2D eigenvalue weighted by Crippen LogP contribution is -2.36. The highest BCUT2D eigenvalue weighted by Crippen LogP contribution is 2.29. The molecule has 4 rings (SSSR count). The SMILES string of the molecule is O=C1NC(=O)/C(=C\c2ccc3ncnc(N4CCC(O)CC4)c3c2)S1. The standard InChI is InChI=1S/C17H16N4O3S/c22-11-3-5-21(6-4-11)15-12-7-10(1-2-13(12)18-9-19-15)8-14-16(23)20-17(24)25-14/h1-2,7-9,11,22H,3-6H2,(H,20,23,24)/b14-8+. The summed E-state index contributed by atoms with van der Waals surface area (Å²) >= 11 is 0.898. The minimum absolute atomic E-state index is 0.250. The molecule has 2 fully saturated rings. The minimum Gasteiger partial charge on any atom is -0.393 e. The summed E-state index contributed by atoms with van der Waals surface area (Å²) in [5, 5.41) is 12.5. The van der Waals surface area contributed by atoms with Crippen molar-refractivity contribution in [3.63, 3.8) is 0 Å². The third-order valence-electron chi connectivity index (χ3n) is 4.34. The van der Waals surface area contributed by atoms with E-state index in [2.05, 4.69) is 20.2 Å². The zero-order chi connectivity index (χ0) is 17.4. The van der Waals surface area contributed by atoms with Gasteiger partial charge in [-0.25, -0.2) is 9.97 Å². The van der Waals surface area contributed by atoms with E-state index in [0.717, 1.165) is 47.1 Å². The van der Waals surface area contributed by atoms with Crippen LogP contribution in [0.15, 0.2) is 29.4 Å². The lowest BCUT2D eigenvalue weighted by molar-refractivity contribution is -0.115. The van der Waals surface area contributed by atoms with Crippen molar-refractivity contribution in [2.24, 2.45) is 0 Å². The molecule has 1 aromatic heterocycles. The molecule has 0 spiro atoms. The summed E-state index contributed by atoms with van der Waals surface area (Å²) in [5.74, 6) is 0.460. The molecule has 0 radical (unpaired) electrons. The van der Waals surface area contributed by atoms with Crippen molar-refractivity contribution in [2.75, 3.05) is 18.0 Å². The van der Waals surface area contributed by atoms with E-state index in [-0.39, 0.29) is 17.3 Å². The number of amides is 2. The number of benzene rings is 1. The van der Waals surface area contributed by atoms with E-state index in [9.17, 15) is 14.7 Å². The van der Waals surface area contributed by atoms with Gasteiger partial charge in [0.05, 0.1) is 16.5 Å². The summed E-state index contributed by atoms with van der Waals surface area (Å²) in [6.07, 6.45) is 4.42. The first kappa shape index (κ1) is 16.0. The number of piperidine rings is 1. The maximum atomic E-state index is 11.7. The number of imide groups is 1. The Balaban J connectivity index is 1.72. The van der Waals surface area contributed by atoms with Crippen molar-refractivity contribution in [3.05, 3.63) is 35.0 Å². The van der Waals surface area contributed by atoms with E-state index in [1.54, 1.807) is 12.4 Å². The highest BCUT2D eigenvalue weighted by molar-refractivity contribution is 8.18. The molecule has 128 valence electrons. The third-order valence-corrected chi connectivity index (χ3v) is 5.15. The van der Waals surface area contributed by atoms with Crippen LogP contribution < -0.4 is 10.2 Å². The number of hydrogen-bond acceptors (Lipinski definition) is 7. The van der Waals surface area contributed by atoms with Gasteiger partial charge in [-0.1, -0.05) is 6.07 Å². The molecule has 2 aliphatic rings. The van der Waals surface area contributed by atoms with Crippen molar-refractivity contribution in [1.29, 1.82) is 0 Å². The van der Waals surface area contributed by atoms with Crippen LogP contribution in [0.2, 0.25) is 0 Å². The maximum absolute atomic E-state index is 11.7. The van der Waals surface area contributed by atoms with Gasteiger partial charge < -0.3 is 10.0 Å². The number of anilines is 1. The first-order chi connectivity index (χ1) is 12.1. The predicted octanol–water partition coefficient (Wildman–Crippen LogP) is 1.91. The van der Waals surface area contributed by atoms with Crippen molar-refractivity contribution in [3.8, 4) is 0 Å². The van der Waals surface area contributed by atoms with Crippen LogP contribution in [0.25, 0.3) is 17.0 Å². The quantitative estimate of drug-likeness (QED) is 0.794. The summed E-state index contributed by atoms with van der Waals surface area (Å²) in [4.78, 5) is 34.3. The number of aliphatic hydroxyl groups excluding tert-OH is 1. The summed E-state index contributed by atoms with van der Waals surface area (Å²) < 4.78 is 0. The van der Waals surface area contributed by atoms with Crippen molar-refractivity contribution in [1.82, 2.24) is 15.3 Å². The van der Waals surface area contributed by atoms with Crippen molar-refractivity contribution >= 4 is 45.7 Å². The summed E-state index contributed by atoms with van der Waals surface area (Å²) in [6.45, 7) is 1.48. The fraction of sp³-hybridized carbons (Fsp3) is 0.294. The molecule has 8 heteroatoms. The average Bonchev–Trinajstić information content (AvgIpc) is 2.92. The van der Waals surface area contributed by atoms with Crippen molar-refractivity contribution < 1.29 is 14.7 Å². The monoisotopic (exact) mass is 356 g/mol. The van der Waals surface area contributed by atoms with E-state index < -0.39 is 0 Å². The second kappa shape index (κ2) is 6.45. The minimum atomic E-state index is -0.371. The van der Waals surface area contributed by atoms with Crippen LogP contribution in [0, 0.1) is 0 Å². The summed E-state index contributed by atoms with van der Waals surface area (Å²) in [5.41, 5.74) is 1.63. The molecular weight excluding hydrogens is 340 g/mol. The van der Waals surface area contributed by atoms with Gasteiger partial charge in [0.2, 0.25) is 0 Å². The molecule has 2 aromatic rings. The van der Waals surface area contributed by atoms with Crippen LogP contribution >= 0.6 is 11.8 Å². The van der Waals surface area contributed by atoms with Crippen LogP contribution in [-0.4, -0.2) is 45.4 Å². The molecule has 7 nitrogen and oxygen atoms in total. The Kier molecular flexibility index (Phi) is 4.14. The Labute approximate surface area is 148 Å². The predicted molar refractivity (Wildman–Crippen MR) is 96.1 cm³/mol. The molecule has 0 atom stereocenters. The molecule has 3 heterocycles. The van der Waals surface area contributed by atoms with Crippen molar-refractivity contribution in [2.45, 2.75) is 18.9 Å². The molecule has 0 saturated carbocycles. The van der Waals surface area contributed by atoms with E-state index in [0.29, 0.717) is 17.7 Å². The van der Waals surface area contributed by atoms with Crippen LogP contribution in [0.3, 0.4) is 0 Å². The normalized spacial score (nSPS) is 20.5. The van der Waals surface area contributed by atoms with E-state index in [4.69, 9.17) is 0 Å². The number of aliphatic hydroxyl groups is 1. The zero-order valence-electron chi connectivity index (χ0n) is 13.3. The van der Waals surface area contributed by atoms with Gasteiger partial charge in [-0.05, 0) is 48.4 Å². The highest BCUT2D eigenvalue weighted by atomic mass is 32.2. The second-order valence-corrected chi connectivity index (χ2v) is 7.06. The Bertz CT molecular complexity index is 891.